The van der Waals surface area contributed by atoms with Gasteiger partial charge in [-0.25, -0.2) is 4.98 Å². The van der Waals surface area contributed by atoms with Crippen LogP contribution in [0.5, 0.6) is 5.75 Å². The molecule has 0 spiro atoms. The van der Waals surface area contributed by atoms with Gasteiger partial charge in [0.1, 0.15) is 23.2 Å². The van der Waals surface area contributed by atoms with Crippen LogP contribution < -0.4 is 10.5 Å². The van der Waals surface area contributed by atoms with E-state index in [-0.39, 0.29) is 0 Å². The zero-order valence-electron chi connectivity index (χ0n) is 6.03. The van der Waals surface area contributed by atoms with Gasteiger partial charge >= 0.3 is 0 Å². The first-order chi connectivity index (χ1) is 5.27. The fourth-order valence-corrected chi connectivity index (χ4v) is 0.705. The van der Waals surface area contributed by atoms with Gasteiger partial charge in [-0.2, -0.15) is 5.26 Å². The highest BCUT2D eigenvalue weighted by atomic mass is 16.5. The number of rotatable bonds is 1. The van der Waals surface area contributed by atoms with E-state index >= 15 is 0 Å². The molecule has 1 heterocycles. The second-order valence-corrected chi connectivity index (χ2v) is 1.92. The summed E-state index contributed by atoms with van der Waals surface area (Å²) in [7, 11) is 1.48. The van der Waals surface area contributed by atoms with Gasteiger partial charge in [0, 0.05) is 6.07 Å². The van der Waals surface area contributed by atoms with E-state index in [0.29, 0.717) is 17.1 Å². The fraction of sp³-hybridized carbons (Fsp3) is 0.143. The molecule has 0 aliphatic heterocycles. The van der Waals surface area contributed by atoms with Crippen molar-refractivity contribution < 1.29 is 4.74 Å². The van der Waals surface area contributed by atoms with Crippen LogP contribution >= 0.6 is 0 Å². The van der Waals surface area contributed by atoms with Crippen molar-refractivity contribution in [1.82, 2.24) is 4.98 Å². The molecule has 0 amide bonds. The normalized spacial score (nSPS) is 8.73. The van der Waals surface area contributed by atoms with E-state index in [2.05, 4.69) is 4.98 Å². The van der Waals surface area contributed by atoms with E-state index in [1.165, 1.54) is 19.4 Å². The smallest absolute Gasteiger partial charge is 0.141 e. The molecule has 0 saturated carbocycles. The Bertz CT molecular complexity index is 303. The average molecular weight is 149 g/mol. The van der Waals surface area contributed by atoms with Crippen molar-refractivity contribution in [2.75, 3.05) is 12.8 Å². The Hall–Kier alpha value is -1.76. The number of hydrogen-bond donors (Lipinski definition) is 1. The molecule has 4 heteroatoms. The molecule has 0 aromatic carbocycles. The molecule has 2 N–H and O–H groups in total. The molecular weight excluding hydrogens is 142 g/mol. The van der Waals surface area contributed by atoms with Crippen LogP contribution in [0.4, 0.5) is 5.82 Å². The van der Waals surface area contributed by atoms with E-state index in [1.807, 2.05) is 6.07 Å². The van der Waals surface area contributed by atoms with Gasteiger partial charge in [0.15, 0.2) is 0 Å². The molecule has 0 aliphatic rings. The van der Waals surface area contributed by atoms with Crippen LogP contribution in [-0.4, -0.2) is 12.1 Å². The van der Waals surface area contributed by atoms with Crippen molar-refractivity contribution in [2.24, 2.45) is 0 Å². The van der Waals surface area contributed by atoms with Gasteiger partial charge in [-0.15, -0.1) is 0 Å². The highest BCUT2D eigenvalue weighted by molar-refractivity contribution is 5.47. The summed E-state index contributed by atoms with van der Waals surface area (Å²) in [5, 5.41) is 8.53. The molecular formula is C7H7N3O. The maximum Gasteiger partial charge on any atom is 0.141 e. The molecule has 0 radical (unpaired) electrons. The zero-order valence-corrected chi connectivity index (χ0v) is 6.03. The number of anilines is 1. The summed E-state index contributed by atoms with van der Waals surface area (Å²) in [4.78, 5) is 3.73. The molecule has 1 aromatic rings. The Labute approximate surface area is 64.2 Å². The summed E-state index contributed by atoms with van der Waals surface area (Å²) in [6.45, 7) is 0. The van der Waals surface area contributed by atoms with Gasteiger partial charge in [-0.3, -0.25) is 0 Å². The van der Waals surface area contributed by atoms with E-state index < -0.39 is 0 Å². The minimum absolute atomic E-state index is 0.348. The van der Waals surface area contributed by atoms with Gasteiger partial charge in [0.05, 0.1) is 13.3 Å². The SMILES string of the molecule is COc1cc(N)ncc1C#N. The summed E-state index contributed by atoms with van der Waals surface area (Å²) in [6.07, 6.45) is 1.38. The van der Waals surface area contributed by atoms with Crippen molar-refractivity contribution in [3.63, 3.8) is 0 Å². The van der Waals surface area contributed by atoms with Crippen molar-refractivity contribution >= 4 is 5.82 Å². The van der Waals surface area contributed by atoms with Gasteiger partial charge in [-0.1, -0.05) is 0 Å². The number of nitrogens with two attached hydrogens (primary N) is 1. The van der Waals surface area contributed by atoms with Crippen molar-refractivity contribution in [1.29, 1.82) is 5.26 Å². The Morgan fingerprint density at radius 2 is 2.45 bits per heavy atom. The number of hydrogen-bond acceptors (Lipinski definition) is 4. The van der Waals surface area contributed by atoms with Gasteiger partial charge in [0.2, 0.25) is 0 Å². The molecule has 1 rings (SSSR count). The van der Waals surface area contributed by atoms with Crippen LogP contribution in [0.15, 0.2) is 12.3 Å². The number of pyridine rings is 1. The molecule has 56 valence electrons. The molecule has 0 atom stereocenters. The van der Waals surface area contributed by atoms with E-state index in [4.69, 9.17) is 15.7 Å². The lowest BCUT2D eigenvalue weighted by molar-refractivity contribution is 0.413. The van der Waals surface area contributed by atoms with Crippen LogP contribution in [-0.2, 0) is 0 Å². The fourth-order valence-electron chi connectivity index (χ4n) is 0.705. The van der Waals surface area contributed by atoms with Gasteiger partial charge in [-0.05, 0) is 0 Å². The summed E-state index contributed by atoms with van der Waals surface area (Å²) in [5.41, 5.74) is 5.75. The van der Waals surface area contributed by atoms with Crippen LogP contribution in [0.1, 0.15) is 5.56 Å². The third-order valence-electron chi connectivity index (χ3n) is 1.23. The van der Waals surface area contributed by atoms with Crippen molar-refractivity contribution in [2.45, 2.75) is 0 Å². The molecule has 4 nitrogen and oxygen atoms in total. The molecule has 11 heavy (non-hydrogen) atoms. The third kappa shape index (κ3) is 1.38. The number of aromatic nitrogens is 1. The van der Waals surface area contributed by atoms with Gasteiger partial charge in [0.25, 0.3) is 0 Å². The maximum atomic E-state index is 8.53. The summed E-state index contributed by atoms with van der Waals surface area (Å²) in [5.74, 6) is 0.806. The molecule has 0 bridgehead atoms. The second kappa shape index (κ2) is 2.88. The minimum atomic E-state index is 0.348. The number of nitrogen functional groups attached to an aromatic ring is 1. The summed E-state index contributed by atoms with van der Waals surface area (Å²) in [6, 6.07) is 3.44. The Morgan fingerprint density at radius 1 is 1.73 bits per heavy atom. The third-order valence-corrected chi connectivity index (χ3v) is 1.23. The highest BCUT2D eigenvalue weighted by Crippen LogP contribution is 2.17. The molecule has 0 unspecified atom stereocenters. The first kappa shape index (κ1) is 7.35. The predicted molar refractivity (Wildman–Crippen MR) is 39.9 cm³/mol. The molecule has 0 saturated heterocycles. The average Bonchev–Trinajstić information content (AvgIpc) is 2.04. The molecule has 0 aliphatic carbocycles. The van der Waals surface area contributed by atoms with Crippen molar-refractivity contribution in [3.05, 3.63) is 17.8 Å². The lowest BCUT2D eigenvalue weighted by Gasteiger charge is -2.00. The quantitative estimate of drug-likeness (QED) is 0.632. The standard InChI is InChI=1S/C7H7N3O/c1-11-6-2-7(9)10-4-5(6)3-8/h2,4H,1H3,(H2,9,10). The van der Waals surface area contributed by atoms with Crippen LogP contribution in [0.25, 0.3) is 0 Å². The van der Waals surface area contributed by atoms with Crippen LogP contribution in [0.2, 0.25) is 0 Å². The predicted octanol–water partition coefficient (Wildman–Crippen LogP) is 0.544. The van der Waals surface area contributed by atoms with E-state index in [9.17, 15) is 0 Å². The first-order valence-electron chi connectivity index (χ1n) is 2.97. The monoisotopic (exact) mass is 149 g/mol. The highest BCUT2D eigenvalue weighted by Gasteiger charge is 2.01. The molecule has 1 aromatic heterocycles. The first-order valence-corrected chi connectivity index (χ1v) is 2.97. The lowest BCUT2D eigenvalue weighted by atomic mass is 10.3. The Morgan fingerprint density at radius 3 is 3.00 bits per heavy atom. The van der Waals surface area contributed by atoms with Gasteiger partial charge < -0.3 is 10.5 Å². The Kier molecular flexibility index (Phi) is 1.93. The number of nitrogens with zero attached hydrogens (tertiary/aromatic N) is 2. The van der Waals surface area contributed by atoms with E-state index in [0.717, 1.165) is 0 Å². The van der Waals surface area contributed by atoms with E-state index in [1.54, 1.807) is 0 Å². The lowest BCUT2D eigenvalue weighted by Crippen LogP contribution is -1.94. The summed E-state index contributed by atoms with van der Waals surface area (Å²) < 4.78 is 4.87. The topological polar surface area (TPSA) is 71.9 Å². The van der Waals surface area contributed by atoms with Crippen LogP contribution in [0, 0.1) is 11.3 Å². The minimum Gasteiger partial charge on any atom is -0.495 e. The number of ether oxygens (including phenoxy) is 1. The second-order valence-electron chi connectivity index (χ2n) is 1.92. The summed E-state index contributed by atoms with van der Waals surface area (Å²) >= 11 is 0. The maximum absolute atomic E-state index is 8.53. The largest absolute Gasteiger partial charge is 0.495 e. The van der Waals surface area contributed by atoms with Crippen LogP contribution in [0.3, 0.4) is 0 Å². The zero-order chi connectivity index (χ0) is 8.27. The molecule has 0 fully saturated rings. The number of nitriles is 1. The van der Waals surface area contributed by atoms with Crippen molar-refractivity contribution in [3.8, 4) is 11.8 Å². The Balaban J connectivity index is 3.19. The number of methoxy groups -OCH3 is 1.